The Morgan fingerprint density at radius 3 is 2.42 bits per heavy atom. The van der Waals surface area contributed by atoms with Crippen LogP contribution in [0.15, 0.2) is 70.2 Å². The zero-order valence-electron chi connectivity index (χ0n) is 13.0. The van der Waals surface area contributed by atoms with Gasteiger partial charge in [0.15, 0.2) is 0 Å². The molecular weight excluding hydrogens is 306 g/mol. The third-order valence-electron chi connectivity index (χ3n) is 3.43. The molecule has 0 aliphatic heterocycles. The topological polar surface area (TPSA) is 80.7 Å². The third-order valence-corrected chi connectivity index (χ3v) is 3.43. The van der Waals surface area contributed by atoms with E-state index in [2.05, 4.69) is 10.5 Å². The number of anilines is 1. The minimum atomic E-state index is -0.430. The van der Waals surface area contributed by atoms with Crippen LogP contribution in [-0.4, -0.2) is 11.1 Å². The number of hydrogen-bond donors (Lipinski definition) is 1. The molecule has 0 amide bonds. The highest BCUT2D eigenvalue weighted by Crippen LogP contribution is 2.24. The zero-order valence-corrected chi connectivity index (χ0v) is 13.0. The maximum absolute atomic E-state index is 10.7. The van der Waals surface area contributed by atoms with E-state index in [0.717, 1.165) is 11.3 Å². The van der Waals surface area contributed by atoms with Gasteiger partial charge in [0.2, 0.25) is 0 Å². The molecule has 0 bridgehead atoms. The fraction of sp³-hybridized carbons (Fsp3) is 0.0556. The molecule has 24 heavy (non-hydrogen) atoms. The molecule has 6 heteroatoms. The van der Waals surface area contributed by atoms with Gasteiger partial charge in [-0.05, 0) is 43.3 Å². The average Bonchev–Trinajstić information content (AvgIpc) is 3.06. The number of non-ortho nitro benzene ring substituents is 1. The van der Waals surface area contributed by atoms with Crippen molar-refractivity contribution in [3.05, 3.63) is 82.1 Å². The summed E-state index contributed by atoms with van der Waals surface area (Å²) in [5, 5.41) is 14.8. The Bertz CT molecular complexity index is 865. The van der Waals surface area contributed by atoms with Crippen LogP contribution >= 0.6 is 0 Å². The summed E-state index contributed by atoms with van der Waals surface area (Å²) < 4.78 is 5.67. The van der Waals surface area contributed by atoms with E-state index >= 15 is 0 Å². The fourth-order valence-electron chi connectivity index (χ4n) is 2.12. The molecule has 3 rings (SSSR count). The summed E-state index contributed by atoms with van der Waals surface area (Å²) in [7, 11) is 0. The molecule has 0 spiro atoms. The maximum atomic E-state index is 10.7. The number of benzene rings is 2. The first-order chi connectivity index (χ1) is 11.6. The molecular formula is C18H15N3O3. The second-order valence-electron chi connectivity index (χ2n) is 5.24. The van der Waals surface area contributed by atoms with Gasteiger partial charge in [0.05, 0.1) is 16.8 Å². The summed E-state index contributed by atoms with van der Waals surface area (Å²) >= 11 is 0. The molecule has 0 unspecified atom stereocenters. The Hall–Kier alpha value is -3.41. The Morgan fingerprint density at radius 2 is 1.75 bits per heavy atom. The number of nitro groups is 1. The number of hydrogen-bond acceptors (Lipinski definition) is 5. The van der Waals surface area contributed by atoms with E-state index in [0.29, 0.717) is 11.5 Å². The minimum absolute atomic E-state index is 0.0504. The van der Waals surface area contributed by atoms with Crippen molar-refractivity contribution in [2.75, 3.05) is 5.43 Å². The summed E-state index contributed by atoms with van der Waals surface area (Å²) in [6.45, 7) is 2.02. The van der Waals surface area contributed by atoms with Crippen molar-refractivity contribution in [1.82, 2.24) is 0 Å². The van der Waals surface area contributed by atoms with E-state index in [-0.39, 0.29) is 5.69 Å². The first kappa shape index (κ1) is 15.5. The van der Waals surface area contributed by atoms with Gasteiger partial charge in [-0.2, -0.15) is 5.10 Å². The zero-order chi connectivity index (χ0) is 16.9. The fourth-order valence-corrected chi connectivity index (χ4v) is 2.12. The molecule has 0 saturated carbocycles. The molecule has 2 aromatic carbocycles. The molecule has 6 nitrogen and oxygen atoms in total. The monoisotopic (exact) mass is 321 g/mol. The van der Waals surface area contributed by atoms with Crippen LogP contribution in [0.2, 0.25) is 0 Å². The largest absolute Gasteiger partial charge is 0.455 e. The van der Waals surface area contributed by atoms with Gasteiger partial charge < -0.3 is 4.42 Å². The van der Waals surface area contributed by atoms with Crippen LogP contribution in [0, 0.1) is 17.0 Å². The van der Waals surface area contributed by atoms with E-state index in [4.69, 9.17) is 4.42 Å². The molecule has 0 atom stereocenters. The smallest absolute Gasteiger partial charge is 0.269 e. The molecule has 0 fully saturated rings. The van der Waals surface area contributed by atoms with Crippen LogP contribution in [0.3, 0.4) is 0 Å². The van der Waals surface area contributed by atoms with Crippen molar-refractivity contribution in [3.63, 3.8) is 0 Å². The normalized spacial score (nSPS) is 10.9. The van der Waals surface area contributed by atoms with Gasteiger partial charge in [-0.1, -0.05) is 17.7 Å². The van der Waals surface area contributed by atoms with Crippen molar-refractivity contribution in [3.8, 4) is 11.3 Å². The van der Waals surface area contributed by atoms with Crippen molar-refractivity contribution >= 4 is 17.6 Å². The molecule has 0 radical (unpaired) electrons. The molecule has 3 aromatic rings. The van der Waals surface area contributed by atoms with E-state index in [9.17, 15) is 10.1 Å². The highest BCUT2D eigenvalue weighted by Gasteiger charge is 2.07. The van der Waals surface area contributed by atoms with Crippen molar-refractivity contribution in [1.29, 1.82) is 0 Å². The lowest BCUT2D eigenvalue weighted by Gasteiger charge is -1.99. The first-order valence-electron chi connectivity index (χ1n) is 7.32. The van der Waals surface area contributed by atoms with Crippen LogP contribution < -0.4 is 5.43 Å². The predicted octanol–water partition coefficient (Wildman–Crippen LogP) is 4.61. The summed E-state index contributed by atoms with van der Waals surface area (Å²) in [4.78, 5) is 10.2. The number of nitrogens with zero attached hydrogens (tertiary/aromatic N) is 2. The molecule has 120 valence electrons. The highest BCUT2D eigenvalue weighted by molar-refractivity contribution is 5.78. The van der Waals surface area contributed by atoms with Gasteiger partial charge >= 0.3 is 0 Å². The Labute approximate surface area is 138 Å². The number of aryl methyl sites for hydroxylation is 1. The SMILES string of the molecule is Cc1ccc(N/N=C/c2ccc(-c3ccc([N+](=O)[O-])cc3)o2)cc1. The first-order valence-corrected chi connectivity index (χ1v) is 7.32. The number of hydrazone groups is 1. The van der Waals surface area contributed by atoms with Gasteiger partial charge in [-0.3, -0.25) is 15.5 Å². The van der Waals surface area contributed by atoms with E-state index in [1.807, 2.05) is 31.2 Å². The number of furan rings is 1. The summed E-state index contributed by atoms with van der Waals surface area (Å²) in [5.41, 5.74) is 5.82. The number of rotatable bonds is 5. The molecule has 0 aliphatic carbocycles. The Kier molecular flexibility index (Phi) is 4.38. The lowest BCUT2D eigenvalue weighted by molar-refractivity contribution is -0.384. The Balaban J connectivity index is 1.67. The minimum Gasteiger partial charge on any atom is -0.455 e. The average molecular weight is 321 g/mol. The molecule has 1 aromatic heterocycles. The molecule has 0 saturated heterocycles. The molecule has 0 aliphatic rings. The Morgan fingerprint density at radius 1 is 1.04 bits per heavy atom. The molecule has 1 N–H and O–H groups in total. The van der Waals surface area contributed by atoms with Crippen molar-refractivity contribution in [2.24, 2.45) is 5.10 Å². The second-order valence-corrected chi connectivity index (χ2v) is 5.24. The van der Waals surface area contributed by atoms with Crippen LogP contribution in [0.25, 0.3) is 11.3 Å². The van der Waals surface area contributed by atoms with Crippen molar-refractivity contribution in [2.45, 2.75) is 6.92 Å². The van der Waals surface area contributed by atoms with Gasteiger partial charge in [-0.15, -0.1) is 0 Å². The number of nitrogens with one attached hydrogen (secondary N) is 1. The standard InChI is InChI=1S/C18H15N3O3/c1-13-2-6-15(7-3-13)20-19-12-17-10-11-18(24-17)14-4-8-16(9-5-14)21(22)23/h2-12,20H,1H3/b19-12+. The summed E-state index contributed by atoms with van der Waals surface area (Å²) in [6.07, 6.45) is 1.58. The van der Waals surface area contributed by atoms with Gasteiger partial charge in [0, 0.05) is 17.7 Å². The van der Waals surface area contributed by atoms with E-state index < -0.39 is 4.92 Å². The maximum Gasteiger partial charge on any atom is 0.269 e. The summed E-state index contributed by atoms with van der Waals surface area (Å²) in [5.74, 6) is 1.21. The predicted molar refractivity (Wildman–Crippen MR) is 93.2 cm³/mol. The summed E-state index contributed by atoms with van der Waals surface area (Å²) in [6, 6.07) is 17.7. The van der Waals surface area contributed by atoms with E-state index in [1.54, 1.807) is 30.5 Å². The van der Waals surface area contributed by atoms with E-state index in [1.165, 1.54) is 17.7 Å². The van der Waals surface area contributed by atoms with Crippen LogP contribution in [0.5, 0.6) is 0 Å². The lowest BCUT2D eigenvalue weighted by atomic mass is 10.1. The quantitative estimate of drug-likeness (QED) is 0.423. The van der Waals surface area contributed by atoms with Gasteiger partial charge in [-0.25, -0.2) is 0 Å². The lowest BCUT2D eigenvalue weighted by Crippen LogP contribution is -1.89. The van der Waals surface area contributed by atoms with Crippen LogP contribution in [0.1, 0.15) is 11.3 Å². The van der Waals surface area contributed by atoms with Crippen molar-refractivity contribution < 1.29 is 9.34 Å². The van der Waals surface area contributed by atoms with Gasteiger partial charge in [0.25, 0.3) is 5.69 Å². The van der Waals surface area contributed by atoms with Gasteiger partial charge in [0.1, 0.15) is 11.5 Å². The number of nitro benzene ring substituents is 1. The molecule has 1 heterocycles. The van der Waals surface area contributed by atoms with Crippen LogP contribution in [-0.2, 0) is 0 Å². The third kappa shape index (κ3) is 3.67. The highest BCUT2D eigenvalue weighted by atomic mass is 16.6. The van der Waals surface area contributed by atoms with Crippen LogP contribution in [0.4, 0.5) is 11.4 Å². The second kappa shape index (κ2) is 6.78.